The van der Waals surface area contributed by atoms with Gasteiger partial charge in [0.2, 0.25) is 0 Å². The van der Waals surface area contributed by atoms with Crippen molar-refractivity contribution in [3.8, 4) is 0 Å². The summed E-state index contributed by atoms with van der Waals surface area (Å²) in [6.45, 7) is 3.12. The van der Waals surface area contributed by atoms with Crippen molar-refractivity contribution in [2.45, 2.75) is 6.04 Å². The third kappa shape index (κ3) is 4.48. The van der Waals surface area contributed by atoms with Gasteiger partial charge in [0.05, 0.1) is 19.3 Å². The number of amides is 1. The average Bonchev–Trinajstić information content (AvgIpc) is 2.75. The van der Waals surface area contributed by atoms with Gasteiger partial charge >= 0.3 is 5.63 Å². The van der Waals surface area contributed by atoms with Gasteiger partial charge in [0.25, 0.3) is 5.91 Å². The van der Waals surface area contributed by atoms with E-state index in [1.165, 1.54) is 6.07 Å². The molecule has 1 fully saturated rings. The van der Waals surface area contributed by atoms with E-state index >= 15 is 0 Å². The molecule has 1 aliphatic heterocycles. The fourth-order valence-electron chi connectivity index (χ4n) is 3.46. The highest BCUT2D eigenvalue weighted by Gasteiger charge is 2.24. The van der Waals surface area contributed by atoms with Gasteiger partial charge in [-0.25, -0.2) is 4.79 Å². The minimum absolute atomic E-state index is 0.0494. The van der Waals surface area contributed by atoms with Crippen LogP contribution in [0.5, 0.6) is 0 Å². The Bertz CT molecular complexity index is 1060. The Labute approximate surface area is 172 Å². The van der Waals surface area contributed by atoms with Crippen molar-refractivity contribution in [1.82, 2.24) is 15.2 Å². The zero-order chi connectivity index (χ0) is 20.2. The Kier molecular flexibility index (Phi) is 5.89. The van der Waals surface area contributed by atoms with Gasteiger partial charge in [-0.2, -0.15) is 0 Å². The van der Waals surface area contributed by atoms with Crippen LogP contribution in [-0.2, 0) is 4.74 Å². The summed E-state index contributed by atoms with van der Waals surface area (Å²) in [7, 11) is 0. The molecule has 150 valence electrons. The number of hydrogen-bond donors (Lipinski definition) is 1. The molecule has 1 aromatic carbocycles. The second kappa shape index (κ2) is 8.73. The minimum atomic E-state index is -0.679. The summed E-state index contributed by atoms with van der Waals surface area (Å²) < 4.78 is 10.7. The highest BCUT2D eigenvalue weighted by atomic mass is 35.5. The lowest BCUT2D eigenvalue weighted by Gasteiger charge is -2.34. The summed E-state index contributed by atoms with van der Waals surface area (Å²) in [5, 5.41) is 3.97. The van der Waals surface area contributed by atoms with Crippen LogP contribution in [0.1, 0.15) is 22.0 Å². The molecule has 29 heavy (non-hydrogen) atoms. The molecule has 1 saturated heterocycles. The Balaban J connectivity index is 1.55. The molecule has 1 aliphatic rings. The number of morpholine rings is 1. The first-order chi connectivity index (χ1) is 14.1. The Morgan fingerprint density at radius 2 is 2.07 bits per heavy atom. The van der Waals surface area contributed by atoms with E-state index in [2.05, 4.69) is 15.2 Å². The van der Waals surface area contributed by atoms with Crippen LogP contribution in [0.4, 0.5) is 0 Å². The lowest BCUT2D eigenvalue weighted by Crippen LogP contribution is -2.44. The van der Waals surface area contributed by atoms with Gasteiger partial charge in [-0.3, -0.25) is 14.7 Å². The van der Waals surface area contributed by atoms with Crippen LogP contribution in [0.25, 0.3) is 11.0 Å². The van der Waals surface area contributed by atoms with Gasteiger partial charge in [-0.15, -0.1) is 0 Å². The molecular formula is C21H20ClN3O4. The zero-order valence-electron chi connectivity index (χ0n) is 15.6. The fourth-order valence-corrected chi connectivity index (χ4v) is 3.64. The van der Waals surface area contributed by atoms with E-state index in [0.717, 1.165) is 18.7 Å². The first-order valence-electron chi connectivity index (χ1n) is 9.35. The molecule has 0 spiro atoms. The van der Waals surface area contributed by atoms with Gasteiger partial charge in [0.15, 0.2) is 0 Å². The maximum Gasteiger partial charge on any atom is 0.349 e. The quantitative estimate of drug-likeness (QED) is 0.647. The number of ether oxygens (including phenoxy) is 1. The molecule has 8 heteroatoms. The second-order valence-corrected chi connectivity index (χ2v) is 7.23. The molecule has 1 unspecified atom stereocenters. The number of nitrogens with one attached hydrogen (secondary N) is 1. The summed E-state index contributed by atoms with van der Waals surface area (Å²) >= 11 is 6.00. The smallest absolute Gasteiger partial charge is 0.349 e. The molecule has 1 N–H and O–H groups in total. The average molecular weight is 414 g/mol. The molecule has 0 saturated carbocycles. The van der Waals surface area contributed by atoms with Gasteiger partial charge < -0.3 is 14.5 Å². The van der Waals surface area contributed by atoms with Gasteiger partial charge in [0.1, 0.15) is 11.1 Å². The van der Waals surface area contributed by atoms with Crippen LogP contribution in [0.3, 0.4) is 0 Å². The summed E-state index contributed by atoms with van der Waals surface area (Å²) in [6, 6.07) is 10.2. The number of fused-ring (bicyclic) bond motifs is 1. The van der Waals surface area contributed by atoms with E-state index in [0.29, 0.717) is 35.8 Å². The Hall–Kier alpha value is -2.74. The van der Waals surface area contributed by atoms with E-state index in [4.69, 9.17) is 20.8 Å². The number of nitrogens with zero attached hydrogens (tertiary/aromatic N) is 2. The topological polar surface area (TPSA) is 84.7 Å². The molecule has 3 aromatic rings. The number of pyridine rings is 1. The van der Waals surface area contributed by atoms with Crippen LogP contribution in [-0.4, -0.2) is 48.6 Å². The van der Waals surface area contributed by atoms with Gasteiger partial charge in [-0.1, -0.05) is 17.7 Å². The third-order valence-electron chi connectivity index (χ3n) is 4.95. The molecule has 4 rings (SSSR count). The normalized spacial score (nSPS) is 15.9. The molecule has 0 bridgehead atoms. The zero-order valence-corrected chi connectivity index (χ0v) is 16.4. The van der Waals surface area contributed by atoms with E-state index in [-0.39, 0.29) is 11.6 Å². The molecule has 0 radical (unpaired) electrons. The Morgan fingerprint density at radius 3 is 2.83 bits per heavy atom. The summed E-state index contributed by atoms with van der Waals surface area (Å²) in [5.74, 6) is -0.484. The van der Waals surface area contributed by atoms with E-state index in [1.807, 2.05) is 12.1 Å². The maximum atomic E-state index is 12.7. The van der Waals surface area contributed by atoms with Crippen molar-refractivity contribution in [1.29, 1.82) is 0 Å². The number of benzene rings is 1. The highest BCUT2D eigenvalue weighted by molar-refractivity contribution is 6.31. The summed E-state index contributed by atoms with van der Waals surface area (Å²) in [6.07, 6.45) is 3.50. The SMILES string of the molecule is O=C(NCC(c1cccnc1)N1CCOCC1)c1cc2cc(Cl)ccc2oc1=O. The summed E-state index contributed by atoms with van der Waals surface area (Å²) in [4.78, 5) is 31.5. The Morgan fingerprint density at radius 1 is 1.24 bits per heavy atom. The highest BCUT2D eigenvalue weighted by Crippen LogP contribution is 2.21. The van der Waals surface area contributed by atoms with Gasteiger partial charge in [-0.05, 0) is 35.9 Å². The van der Waals surface area contributed by atoms with Crippen LogP contribution < -0.4 is 10.9 Å². The number of rotatable bonds is 5. The number of aromatic nitrogens is 1. The predicted molar refractivity (Wildman–Crippen MR) is 109 cm³/mol. The van der Waals surface area contributed by atoms with Crippen molar-refractivity contribution in [3.63, 3.8) is 0 Å². The summed E-state index contributed by atoms with van der Waals surface area (Å²) in [5.41, 5.74) is 0.651. The van der Waals surface area contributed by atoms with Crippen molar-refractivity contribution >= 4 is 28.5 Å². The van der Waals surface area contributed by atoms with E-state index < -0.39 is 11.5 Å². The standard InChI is InChI=1S/C21H20ClN3O4/c22-16-3-4-19-15(10-16)11-17(21(27)29-19)20(26)24-13-18(14-2-1-5-23-12-14)25-6-8-28-9-7-25/h1-5,10-12,18H,6-9,13H2,(H,24,26). The largest absolute Gasteiger partial charge is 0.422 e. The number of carbonyl (C=O) groups excluding carboxylic acids is 1. The first-order valence-corrected chi connectivity index (χ1v) is 9.73. The number of carbonyl (C=O) groups is 1. The molecule has 3 heterocycles. The van der Waals surface area contributed by atoms with Crippen LogP contribution in [0.2, 0.25) is 5.02 Å². The molecule has 1 atom stereocenters. The van der Waals surface area contributed by atoms with E-state index in [9.17, 15) is 9.59 Å². The third-order valence-corrected chi connectivity index (χ3v) is 5.19. The molecule has 1 amide bonds. The molecule has 0 aliphatic carbocycles. The molecule has 7 nitrogen and oxygen atoms in total. The second-order valence-electron chi connectivity index (χ2n) is 6.79. The number of hydrogen-bond acceptors (Lipinski definition) is 6. The fraction of sp³-hybridized carbons (Fsp3) is 0.286. The predicted octanol–water partition coefficient (Wildman–Crippen LogP) is 2.64. The van der Waals surface area contributed by atoms with E-state index in [1.54, 1.807) is 30.6 Å². The monoisotopic (exact) mass is 413 g/mol. The number of halogens is 1. The van der Waals surface area contributed by atoms with Crippen molar-refractivity contribution in [3.05, 3.63) is 75.4 Å². The molecule has 2 aromatic heterocycles. The lowest BCUT2D eigenvalue weighted by atomic mass is 10.1. The lowest BCUT2D eigenvalue weighted by molar-refractivity contribution is 0.0161. The van der Waals surface area contributed by atoms with Gasteiger partial charge in [0, 0.05) is 42.4 Å². The minimum Gasteiger partial charge on any atom is -0.422 e. The van der Waals surface area contributed by atoms with Crippen LogP contribution in [0.15, 0.2) is 58.0 Å². The van der Waals surface area contributed by atoms with Crippen molar-refractivity contribution in [2.24, 2.45) is 0 Å². The van der Waals surface area contributed by atoms with Crippen LogP contribution >= 0.6 is 11.6 Å². The molecular weight excluding hydrogens is 394 g/mol. The first kappa shape index (κ1) is 19.6. The van der Waals surface area contributed by atoms with Crippen LogP contribution in [0, 0.1) is 0 Å². The van der Waals surface area contributed by atoms with Crippen molar-refractivity contribution < 1.29 is 13.9 Å². The maximum absolute atomic E-state index is 12.7. The van der Waals surface area contributed by atoms with Crippen molar-refractivity contribution in [2.75, 3.05) is 32.8 Å².